The number of amides is 1. The number of furan rings is 1. The summed E-state index contributed by atoms with van der Waals surface area (Å²) in [7, 11) is -3.50. The molecule has 1 fully saturated rings. The molecule has 1 amide bonds. The minimum Gasteiger partial charge on any atom is -0.465 e. The van der Waals surface area contributed by atoms with Crippen molar-refractivity contribution in [2.75, 3.05) is 32.7 Å². The summed E-state index contributed by atoms with van der Waals surface area (Å²) in [5.41, 5.74) is 3.47. The maximum Gasteiger partial charge on any atom is 0.254 e. The zero-order valence-electron chi connectivity index (χ0n) is 16.2. The molecule has 0 aliphatic carbocycles. The minimum absolute atomic E-state index is 0.164. The lowest BCUT2D eigenvalue weighted by atomic mass is 10.2. The molecule has 1 aliphatic rings. The first-order chi connectivity index (χ1) is 13.9. The fraction of sp³-hybridized carbons (Fsp3) is 0.300. The van der Waals surface area contributed by atoms with Crippen LogP contribution in [0.15, 0.2) is 63.2 Å². The van der Waals surface area contributed by atoms with Gasteiger partial charge in [-0.1, -0.05) is 17.7 Å². The molecule has 0 unspecified atom stereocenters. The highest BCUT2D eigenvalue weighted by Gasteiger charge is 2.28. The Morgan fingerprint density at radius 3 is 2.55 bits per heavy atom. The number of rotatable bonds is 7. The smallest absolute Gasteiger partial charge is 0.254 e. The van der Waals surface area contributed by atoms with Gasteiger partial charge >= 0.3 is 0 Å². The van der Waals surface area contributed by atoms with Gasteiger partial charge in [-0.3, -0.25) is 9.69 Å². The van der Waals surface area contributed by atoms with E-state index in [4.69, 9.17) is 4.42 Å². The minimum atomic E-state index is -3.50. The molecule has 0 radical (unpaired) electrons. The van der Waals surface area contributed by atoms with Crippen molar-refractivity contribution < 1.29 is 17.6 Å². The van der Waals surface area contributed by atoms with Gasteiger partial charge in [-0.25, -0.2) is 13.8 Å². The predicted molar refractivity (Wildman–Crippen MR) is 111 cm³/mol. The van der Waals surface area contributed by atoms with E-state index in [1.807, 2.05) is 17.9 Å². The van der Waals surface area contributed by atoms with Crippen LogP contribution in [0.25, 0.3) is 6.08 Å². The predicted octanol–water partition coefficient (Wildman–Crippen LogP) is 1.71. The molecule has 0 saturated carbocycles. The van der Waals surface area contributed by atoms with Crippen LogP contribution in [0.2, 0.25) is 0 Å². The number of carbonyl (C=O) groups is 1. The van der Waals surface area contributed by atoms with E-state index in [-0.39, 0.29) is 12.5 Å². The van der Waals surface area contributed by atoms with Gasteiger partial charge in [-0.15, -0.1) is 0 Å². The van der Waals surface area contributed by atoms with Gasteiger partial charge in [0.25, 0.3) is 5.91 Å². The molecular weight excluding hydrogens is 392 g/mol. The van der Waals surface area contributed by atoms with Gasteiger partial charge in [0.2, 0.25) is 10.0 Å². The number of allylic oxidation sites excluding steroid dienone is 1. The van der Waals surface area contributed by atoms with Crippen molar-refractivity contribution in [2.45, 2.75) is 11.8 Å². The summed E-state index contributed by atoms with van der Waals surface area (Å²) < 4.78 is 32.0. The number of benzene rings is 1. The first-order valence-electron chi connectivity index (χ1n) is 9.26. The first kappa shape index (κ1) is 21.0. The number of piperazine rings is 1. The number of carbonyl (C=O) groups excluding carboxylic acids is 1. The second-order valence-corrected chi connectivity index (χ2v) is 8.62. The summed E-state index contributed by atoms with van der Waals surface area (Å²) in [5.74, 6) is 0.448. The highest BCUT2D eigenvalue weighted by atomic mass is 32.2. The van der Waals surface area contributed by atoms with Crippen LogP contribution in [-0.4, -0.2) is 62.5 Å². The molecule has 0 bridgehead atoms. The van der Waals surface area contributed by atoms with Crippen LogP contribution in [-0.2, 0) is 14.8 Å². The Balaban J connectivity index is 1.43. The Morgan fingerprint density at radius 1 is 1.17 bits per heavy atom. The zero-order chi connectivity index (χ0) is 20.7. The average Bonchev–Trinajstić information content (AvgIpc) is 3.22. The summed E-state index contributed by atoms with van der Waals surface area (Å²) in [4.78, 5) is 14.2. The van der Waals surface area contributed by atoms with E-state index in [9.17, 15) is 13.2 Å². The van der Waals surface area contributed by atoms with Crippen LogP contribution in [0.3, 0.4) is 0 Å². The molecule has 154 valence electrons. The largest absolute Gasteiger partial charge is 0.465 e. The number of hydrogen-bond acceptors (Lipinski definition) is 6. The molecular formula is C20H24N4O4S. The van der Waals surface area contributed by atoms with E-state index in [0.29, 0.717) is 36.8 Å². The van der Waals surface area contributed by atoms with Gasteiger partial charge in [-0.2, -0.15) is 9.41 Å². The number of hydrogen-bond donors (Lipinski definition) is 1. The van der Waals surface area contributed by atoms with E-state index >= 15 is 0 Å². The summed E-state index contributed by atoms with van der Waals surface area (Å²) in [5, 5.41) is 3.85. The Hall–Kier alpha value is -2.75. The molecule has 1 N–H and O–H groups in total. The molecule has 0 spiro atoms. The van der Waals surface area contributed by atoms with E-state index in [1.165, 1.54) is 10.5 Å². The third kappa shape index (κ3) is 5.86. The summed E-state index contributed by atoms with van der Waals surface area (Å²) in [6, 6.07) is 10.4. The van der Waals surface area contributed by atoms with E-state index in [1.54, 1.807) is 48.7 Å². The maximum absolute atomic E-state index is 12.7. The van der Waals surface area contributed by atoms with Gasteiger partial charge < -0.3 is 4.42 Å². The summed E-state index contributed by atoms with van der Waals surface area (Å²) in [6.07, 6.45) is 6.42. The van der Waals surface area contributed by atoms with Gasteiger partial charge in [0, 0.05) is 32.4 Å². The molecule has 1 aromatic carbocycles. The van der Waals surface area contributed by atoms with Crippen LogP contribution in [0.1, 0.15) is 11.3 Å². The lowest BCUT2D eigenvalue weighted by Gasteiger charge is -2.33. The Labute approximate surface area is 170 Å². The summed E-state index contributed by atoms with van der Waals surface area (Å²) in [6.45, 7) is 3.75. The van der Waals surface area contributed by atoms with Crippen LogP contribution >= 0.6 is 0 Å². The lowest BCUT2D eigenvalue weighted by Crippen LogP contribution is -2.50. The fourth-order valence-corrected chi connectivity index (χ4v) is 4.32. The van der Waals surface area contributed by atoms with Crippen molar-refractivity contribution >= 4 is 28.2 Å². The molecule has 2 heterocycles. The van der Waals surface area contributed by atoms with Gasteiger partial charge in [0.15, 0.2) is 0 Å². The normalized spacial score (nSPS) is 16.6. The highest BCUT2D eigenvalue weighted by molar-refractivity contribution is 7.89. The topological polar surface area (TPSA) is 95.2 Å². The van der Waals surface area contributed by atoms with E-state index < -0.39 is 10.0 Å². The first-order valence-corrected chi connectivity index (χ1v) is 10.7. The molecule has 3 rings (SSSR count). The second-order valence-electron chi connectivity index (χ2n) is 6.68. The quantitative estimate of drug-likeness (QED) is 0.548. The molecule has 2 aromatic rings. The lowest BCUT2D eigenvalue weighted by molar-refractivity contribution is -0.122. The third-order valence-corrected chi connectivity index (χ3v) is 6.42. The fourth-order valence-electron chi connectivity index (χ4n) is 2.90. The molecule has 1 saturated heterocycles. The number of nitrogens with zero attached hydrogens (tertiary/aromatic N) is 3. The number of hydrazone groups is 1. The van der Waals surface area contributed by atoms with Crippen molar-refractivity contribution in [1.29, 1.82) is 0 Å². The standard InChI is InChI=1S/C20H24N4O4S/c1-17-6-8-19(9-7-17)29(26,27)24-13-11-23(12-14-24)16-20(25)22-21-10-2-4-18-5-3-15-28-18/h2-10,15H,11-14,16H2,1H3,(H,22,25)/b4-2+,21-10+. The SMILES string of the molecule is Cc1ccc(S(=O)(=O)N2CCN(CC(=O)N/N=C/C=C/c3ccco3)CC2)cc1. The number of sulfonamides is 1. The number of nitrogens with one attached hydrogen (secondary N) is 1. The molecule has 29 heavy (non-hydrogen) atoms. The van der Waals surface area contributed by atoms with Crippen molar-refractivity contribution in [3.05, 3.63) is 60.1 Å². The molecule has 1 aliphatic heterocycles. The van der Waals surface area contributed by atoms with Crippen molar-refractivity contribution in [3.8, 4) is 0 Å². The van der Waals surface area contributed by atoms with Crippen molar-refractivity contribution in [3.63, 3.8) is 0 Å². The van der Waals surface area contributed by atoms with E-state index in [0.717, 1.165) is 5.56 Å². The molecule has 8 nitrogen and oxygen atoms in total. The average molecular weight is 417 g/mol. The maximum atomic E-state index is 12.7. The molecule has 9 heteroatoms. The Bertz CT molecular complexity index is 958. The molecule has 1 aromatic heterocycles. The van der Waals surface area contributed by atoms with Crippen LogP contribution < -0.4 is 5.43 Å². The van der Waals surface area contributed by atoms with Crippen LogP contribution in [0, 0.1) is 6.92 Å². The zero-order valence-corrected chi connectivity index (χ0v) is 17.0. The second kappa shape index (κ2) is 9.64. The Kier molecular flexibility index (Phi) is 6.97. The van der Waals surface area contributed by atoms with Gasteiger partial charge in [0.05, 0.1) is 17.7 Å². The Morgan fingerprint density at radius 2 is 1.90 bits per heavy atom. The van der Waals surface area contributed by atoms with Crippen molar-refractivity contribution in [2.24, 2.45) is 5.10 Å². The van der Waals surface area contributed by atoms with Gasteiger partial charge in [0.1, 0.15) is 5.76 Å². The summed E-state index contributed by atoms with van der Waals surface area (Å²) >= 11 is 0. The monoisotopic (exact) mass is 416 g/mol. The number of aryl methyl sites for hydroxylation is 1. The van der Waals surface area contributed by atoms with E-state index in [2.05, 4.69) is 10.5 Å². The van der Waals surface area contributed by atoms with Crippen LogP contribution in [0.4, 0.5) is 0 Å². The molecule has 0 atom stereocenters. The highest BCUT2D eigenvalue weighted by Crippen LogP contribution is 2.18. The van der Waals surface area contributed by atoms with Crippen LogP contribution in [0.5, 0.6) is 0 Å². The third-order valence-electron chi connectivity index (χ3n) is 4.51. The van der Waals surface area contributed by atoms with Crippen molar-refractivity contribution in [1.82, 2.24) is 14.6 Å². The van der Waals surface area contributed by atoms with Gasteiger partial charge in [-0.05, 0) is 43.3 Å².